The Balaban J connectivity index is 2.03. The summed E-state index contributed by atoms with van der Waals surface area (Å²) in [5.41, 5.74) is 3.60. The first-order valence-corrected chi connectivity index (χ1v) is 10.3. The van der Waals surface area contributed by atoms with Gasteiger partial charge in [0.25, 0.3) is 0 Å². The lowest BCUT2D eigenvalue weighted by molar-refractivity contribution is 0.0600. The molecule has 0 aliphatic carbocycles. The number of fused-ring (bicyclic) bond motifs is 1. The van der Waals surface area contributed by atoms with E-state index in [4.69, 9.17) is 9.72 Å². The molecule has 0 unspecified atom stereocenters. The fraction of sp³-hybridized carbons (Fsp3) is 0.292. The van der Waals surface area contributed by atoms with Gasteiger partial charge in [0.1, 0.15) is 23.0 Å². The monoisotopic (exact) mass is 435 g/mol. The van der Waals surface area contributed by atoms with Crippen LogP contribution in [0.2, 0.25) is 0 Å². The normalized spacial score (nSPS) is 11.7. The van der Waals surface area contributed by atoms with Gasteiger partial charge in [0.15, 0.2) is 0 Å². The number of halogens is 1. The van der Waals surface area contributed by atoms with Crippen LogP contribution in [0, 0.1) is 12.7 Å². The van der Waals surface area contributed by atoms with E-state index in [9.17, 15) is 4.79 Å². The van der Waals surface area contributed by atoms with E-state index in [2.05, 4.69) is 10.3 Å². The number of rotatable bonds is 4. The quantitative estimate of drug-likeness (QED) is 0.464. The molecule has 8 heteroatoms. The molecule has 0 aliphatic rings. The molecule has 0 radical (unpaired) electrons. The van der Waals surface area contributed by atoms with Gasteiger partial charge in [-0.05, 0) is 45.9 Å². The van der Waals surface area contributed by atoms with Crippen LogP contribution in [0.1, 0.15) is 36.8 Å². The molecule has 166 valence electrons. The fourth-order valence-electron chi connectivity index (χ4n) is 3.66. The Morgan fingerprint density at radius 2 is 1.94 bits per heavy atom. The topological polar surface area (TPSA) is 73.5 Å². The van der Waals surface area contributed by atoms with Crippen LogP contribution in [-0.4, -0.2) is 37.6 Å². The van der Waals surface area contributed by atoms with E-state index in [1.807, 2.05) is 49.8 Å². The second kappa shape index (κ2) is 7.78. The van der Waals surface area contributed by atoms with E-state index in [-0.39, 0.29) is 5.54 Å². The van der Waals surface area contributed by atoms with Crippen LogP contribution in [0.15, 0.2) is 42.9 Å². The first kappa shape index (κ1) is 21.5. The van der Waals surface area contributed by atoms with Crippen molar-refractivity contribution in [3.63, 3.8) is 0 Å². The van der Waals surface area contributed by atoms with E-state index in [1.165, 1.54) is 13.2 Å². The van der Waals surface area contributed by atoms with Gasteiger partial charge >= 0.3 is 5.97 Å². The molecule has 0 atom stereocenters. The summed E-state index contributed by atoms with van der Waals surface area (Å²) >= 11 is 0. The maximum absolute atomic E-state index is 15.4. The maximum atomic E-state index is 15.4. The summed E-state index contributed by atoms with van der Waals surface area (Å²) in [6, 6.07) is 8.23. The molecular formula is C24H26FN5O2. The van der Waals surface area contributed by atoms with Gasteiger partial charge in [-0.25, -0.2) is 19.2 Å². The molecule has 4 rings (SSSR count). The highest BCUT2D eigenvalue weighted by atomic mass is 19.1. The summed E-state index contributed by atoms with van der Waals surface area (Å²) in [6.45, 7) is 8.00. The number of carbonyl (C=O) groups is 1. The zero-order valence-electron chi connectivity index (χ0n) is 19.0. The number of methoxy groups -OCH3 is 1. The fourth-order valence-corrected chi connectivity index (χ4v) is 3.66. The lowest BCUT2D eigenvalue weighted by atomic mass is 9.99. The summed E-state index contributed by atoms with van der Waals surface area (Å²) in [5.74, 6) is -0.233. The molecule has 0 saturated carbocycles. The van der Waals surface area contributed by atoms with Crippen molar-refractivity contribution < 1.29 is 13.9 Å². The molecule has 3 heterocycles. The first-order valence-electron chi connectivity index (χ1n) is 10.3. The van der Waals surface area contributed by atoms with Gasteiger partial charge in [-0.2, -0.15) is 0 Å². The molecule has 7 nitrogen and oxygen atoms in total. The summed E-state index contributed by atoms with van der Waals surface area (Å²) in [7, 11) is 3.23. The van der Waals surface area contributed by atoms with Crippen LogP contribution < -0.4 is 5.32 Å². The van der Waals surface area contributed by atoms with Gasteiger partial charge in [-0.1, -0.05) is 12.1 Å². The molecule has 1 N–H and O–H groups in total. The van der Waals surface area contributed by atoms with Gasteiger partial charge in [0, 0.05) is 35.6 Å². The molecule has 0 fully saturated rings. The Hall–Kier alpha value is -3.68. The van der Waals surface area contributed by atoms with Crippen molar-refractivity contribution in [3.8, 4) is 22.5 Å². The number of esters is 1. The third kappa shape index (κ3) is 3.72. The summed E-state index contributed by atoms with van der Waals surface area (Å²) < 4.78 is 23.9. The molecule has 4 aromatic rings. The number of aryl methyl sites for hydroxylation is 1. The highest BCUT2D eigenvalue weighted by Crippen LogP contribution is 2.39. The molecular weight excluding hydrogens is 409 g/mol. The van der Waals surface area contributed by atoms with Gasteiger partial charge < -0.3 is 14.6 Å². The van der Waals surface area contributed by atoms with E-state index in [0.717, 1.165) is 5.69 Å². The van der Waals surface area contributed by atoms with Crippen LogP contribution in [0.25, 0.3) is 28.2 Å². The molecule has 0 aliphatic heterocycles. The van der Waals surface area contributed by atoms with Crippen molar-refractivity contribution in [1.82, 2.24) is 18.9 Å². The molecule has 1 aromatic carbocycles. The van der Waals surface area contributed by atoms with Crippen molar-refractivity contribution in [3.05, 3.63) is 59.9 Å². The SMILES string of the molecule is COC(=O)c1ccn2c(NC(C)(C)C)c(-c3c(F)cccc3-c3ncn(C)c3C)nc2c1. The lowest BCUT2D eigenvalue weighted by Gasteiger charge is -2.23. The highest BCUT2D eigenvalue weighted by molar-refractivity contribution is 5.92. The van der Waals surface area contributed by atoms with Crippen LogP contribution in [0.5, 0.6) is 0 Å². The Morgan fingerprint density at radius 1 is 1.19 bits per heavy atom. The van der Waals surface area contributed by atoms with E-state index in [1.54, 1.807) is 30.7 Å². The number of pyridine rings is 1. The molecule has 3 aromatic heterocycles. The number of anilines is 1. The smallest absolute Gasteiger partial charge is 0.338 e. The number of carbonyl (C=O) groups excluding carboxylic acids is 1. The van der Waals surface area contributed by atoms with Crippen molar-refractivity contribution in [2.75, 3.05) is 12.4 Å². The van der Waals surface area contributed by atoms with Crippen LogP contribution >= 0.6 is 0 Å². The number of ether oxygens (including phenoxy) is 1. The number of benzene rings is 1. The van der Waals surface area contributed by atoms with Crippen LogP contribution in [-0.2, 0) is 11.8 Å². The summed E-state index contributed by atoms with van der Waals surface area (Å²) in [4.78, 5) is 21.3. The minimum Gasteiger partial charge on any atom is -0.465 e. The second-order valence-electron chi connectivity index (χ2n) is 8.77. The zero-order chi connectivity index (χ0) is 23.2. The molecule has 0 amide bonds. The Morgan fingerprint density at radius 3 is 2.56 bits per heavy atom. The van der Waals surface area contributed by atoms with Crippen molar-refractivity contribution >= 4 is 17.4 Å². The van der Waals surface area contributed by atoms with Crippen LogP contribution in [0.4, 0.5) is 10.2 Å². The van der Waals surface area contributed by atoms with E-state index >= 15 is 4.39 Å². The standard InChI is InChI=1S/C24H26FN5O2/c1-14-20(26-13-29(14)5)16-8-7-9-17(25)19(16)21-22(28-24(2,3)4)30-11-10-15(23(31)32-6)12-18(30)27-21/h7-13,28H,1-6H3. The lowest BCUT2D eigenvalue weighted by Crippen LogP contribution is -2.27. The predicted molar refractivity (Wildman–Crippen MR) is 122 cm³/mol. The third-order valence-electron chi connectivity index (χ3n) is 5.28. The van der Waals surface area contributed by atoms with Gasteiger partial charge in [0.05, 0.1) is 24.7 Å². The minimum atomic E-state index is -0.460. The minimum absolute atomic E-state index is 0.321. The van der Waals surface area contributed by atoms with Crippen molar-refractivity contribution in [1.29, 1.82) is 0 Å². The largest absolute Gasteiger partial charge is 0.465 e. The number of hydrogen-bond acceptors (Lipinski definition) is 5. The van der Waals surface area contributed by atoms with E-state index in [0.29, 0.717) is 39.5 Å². The maximum Gasteiger partial charge on any atom is 0.338 e. The number of aromatic nitrogens is 4. The average Bonchev–Trinajstić information content (AvgIpc) is 3.25. The highest BCUT2D eigenvalue weighted by Gasteiger charge is 2.25. The molecule has 0 spiro atoms. The predicted octanol–water partition coefficient (Wildman–Crippen LogP) is 4.85. The van der Waals surface area contributed by atoms with Gasteiger partial charge in [-0.3, -0.25) is 4.40 Å². The van der Waals surface area contributed by atoms with Crippen molar-refractivity contribution in [2.45, 2.75) is 33.2 Å². The zero-order valence-corrected chi connectivity index (χ0v) is 19.0. The number of nitrogens with one attached hydrogen (secondary N) is 1. The van der Waals surface area contributed by atoms with Crippen molar-refractivity contribution in [2.24, 2.45) is 7.05 Å². The Labute approximate surface area is 185 Å². The molecule has 32 heavy (non-hydrogen) atoms. The van der Waals surface area contributed by atoms with E-state index < -0.39 is 11.8 Å². The Kier molecular flexibility index (Phi) is 5.24. The van der Waals surface area contributed by atoms with Gasteiger partial charge in [0.2, 0.25) is 0 Å². The summed E-state index contributed by atoms with van der Waals surface area (Å²) in [5, 5.41) is 3.45. The third-order valence-corrected chi connectivity index (χ3v) is 5.28. The number of nitrogens with zero attached hydrogens (tertiary/aromatic N) is 4. The first-order chi connectivity index (χ1) is 15.1. The Bertz CT molecular complexity index is 1330. The van der Waals surface area contributed by atoms with Crippen LogP contribution in [0.3, 0.4) is 0 Å². The summed E-state index contributed by atoms with van der Waals surface area (Å²) in [6.07, 6.45) is 3.44. The number of imidazole rings is 2. The van der Waals surface area contributed by atoms with Gasteiger partial charge in [-0.15, -0.1) is 0 Å². The molecule has 0 saturated heterocycles. The number of hydrogen-bond donors (Lipinski definition) is 1. The second-order valence-corrected chi connectivity index (χ2v) is 8.77. The average molecular weight is 436 g/mol. The molecule has 0 bridgehead atoms.